The van der Waals surface area contributed by atoms with Crippen molar-refractivity contribution in [3.8, 4) is 10.6 Å². The zero-order valence-corrected chi connectivity index (χ0v) is 14.8. The number of hydrogen-bond donors (Lipinski definition) is 0. The van der Waals surface area contributed by atoms with Gasteiger partial charge in [0.2, 0.25) is 0 Å². The maximum Gasteiger partial charge on any atom is 0.356 e. The van der Waals surface area contributed by atoms with Gasteiger partial charge in [0.05, 0.1) is 17.2 Å². The smallest absolute Gasteiger partial charge is 0.356 e. The van der Waals surface area contributed by atoms with E-state index in [-0.39, 0.29) is 5.97 Å². The molecule has 0 aliphatic carbocycles. The molecule has 0 bridgehead atoms. The van der Waals surface area contributed by atoms with E-state index in [4.69, 9.17) is 4.74 Å². The Labute approximate surface area is 146 Å². The van der Waals surface area contributed by atoms with Gasteiger partial charge in [-0.1, -0.05) is 6.07 Å². The highest BCUT2D eigenvalue weighted by Crippen LogP contribution is 2.38. The predicted octanol–water partition coefficient (Wildman–Crippen LogP) is 5.06. The number of thiophene rings is 2. The summed E-state index contributed by atoms with van der Waals surface area (Å²) in [7, 11) is 0. The first kappa shape index (κ1) is 15.2. The fourth-order valence-corrected chi connectivity index (χ4v) is 4.61. The number of fused-ring (bicyclic) bond motifs is 2. The molecule has 0 amide bonds. The minimum atomic E-state index is -0.383. The molecular formula is C18H14N2O2S2. The predicted molar refractivity (Wildman–Crippen MR) is 98.9 cm³/mol. The Hall–Kier alpha value is -2.31. The lowest BCUT2D eigenvalue weighted by Crippen LogP contribution is -2.07. The van der Waals surface area contributed by atoms with Crippen molar-refractivity contribution >= 4 is 48.9 Å². The second-order valence-corrected chi connectivity index (χ2v) is 7.67. The van der Waals surface area contributed by atoms with Crippen LogP contribution in [0.15, 0.2) is 36.5 Å². The summed E-state index contributed by atoms with van der Waals surface area (Å²) < 4.78 is 6.17. The fourth-order valence-electron chi connectivity index (χ4n) is 2.65. The van der Waals surface area contributed by atoms with Gasteiger partial charge in [-0.15, -0.1) is 22.7 Å². The van der Waals surface area contributed by atoms with Crippen molar-refractivity contribution in [2.24, 2.45) is 0 Å². The summed E-state index contributed by atoms with van der Waals surface area (Å²) in [5.41, 5.74) is 1.18. The highest BCUT2D eigenvalue weighted by atomic mass is 32.1. The molecule has 0 unspecified atom stereocenters. The lowest BCUT2D eigenvalue weighted by atomic mass is 10.1. The highest BCUT2D eigenvalue weighted by Gasteiger charge is 2.17. The standard InChI is InChI=1S/C18H14N2O2S2/c1-3-22-18(21)13-9-14-12(7-10(2)23-14)16(20-13)15-8-11-5-4-6-19-17(11)24-15/h4-9H,3H2,1-2H3. The molecule has 0 aliphatic rings. The molecule has 6 heteroatoms. The van der Waals surface area contributed by atoms with Crippen LogP contribution in [0.5, 0.6) is 0 Å². The van der Waals surface area contributed by atoms with Gasteiger partial charge in [-0.05, 0) is 38.1 Å². The fraction of sp³-hybridized carbons (Fsp3) is 0.167. The monoisotopic (exact) mass is 354 g/mol. The van der Waals surface area contributed by atoms with Gasteiger partial charge in [-0.25, -0.2) is 14.8 Å². The van der Waals surface area contributed by atoms with E-state index in [1.54, 1.807) is 35.8 Å². The second-order valence-electron chi connectivity index (χ2n) is 5.35. The number of nitrogens with zero attached hydrogens (tertiary/aromatic N) is 2. The van der Waals surface area contributed by atoms with Gasteiger partial charge in [-0.3, -0.25) is 0 Å². The van der Waals surface area contributed by atoms with Crippen molar-refractivity contribution in [1.82, 2.24) is 9.97 Å². The zero-order valence-electron chi connectivity index (χ0n) is 13.2. The van der Waals surface area contributed by atoms with Gasteiger partial charge >= 0.3 is 5.97 Å². The third-order valence-electron chi connectivity index (χ3n) is 3.65. The number of carbonyl (C=O) groups excluding carboxylic acids is 1. The average Bonchev–Trinajstić information content (AvgIpc) is 3.16. The van der Waals surface area contributed by atoms with E-state index in [9.17, 15) is 4.79 Å². The first-order chi connectivity index (χ1) is 11.7. The molecule has 24 heavy (non-hydrogen) atoms. The molecule has 0 aromatic carbocycles. The van der Waals surface area contributed by atoms with E-state index in [0.717, 1.165) is 30.9 Å². The summed E-state index contributed by atoms with van der Waals surface area (Å²) in [6.07, 6.45) is 1.79. The third-order valence-corrected chi connectivity index (χ3v) is 5.71. The van der Waals surface area contributed by atoms with Crippen LogP contribution in [0.2, 0.25) is 0 Å². The van der Waals surface area contributed by atoms with Crippen LogP contribution in [0.4, 0.5) is 0 Å². The number of rotatable bonds is 3. The van der Waals surface area contributed by atoms with Crippen molar-refractivity contribution in [3.05, 3.63) is 47.1 Å². The Kier molecular flexibility index (Phi) is 3.78. The molecule has 120 valence electrons. The summed E-state index contributed by atoms with van der Waals surface area (Å²) in [6, 6.07) is 9.98. The minimum absolute atomic E-state index is 0.337. The van der Waals surface area contributed by atoms with Gasteiger partial charge < -0.3 is 4.74 Å². The number of pyridine rings is 2. The topological polar surface area (TPSA) is 52.1 Å². The largest absolute Gasteiger partial charge is 0.461 e. The molecular weight excluding hydrogens is 340 g/mol. The average molecular weight is 354 g/mol. The normalized spacial score (nSPS) is 11.2. The quantitative estimate of drug-likeness (QED) is 0.483. The van der Waals surface area contributed by atoms with E-state index in [2.05, 4.69) is 29.0 Å². The molecule has 0 N–H and O–H groups in total. The van der Waals surface area contributed by atoms with Crippen molar-refractivity contribution in [2.75, 3.05) is 6.61 Å². The first-order valence-corrected chi connectivity index (χ1v) is 9.22. The molecule has 4 aromatic rings. The maximum atomic E-state index is 12.2. The summed E-state index contributed by atoms with van der Waals surface area (Å²) >= 11 is 3.25. The third kappa shape index (κ3) is 2.57. The van der Waals surface area contributed by atoms with E-state index in [1.165, 1.54) is 4.88 Å². The Morgan fingerprint density at radius 2 is 2.12 bits per heavy atom. The van der Waals surface area contributed by atoms with Crippen LogP contribution < -0.4 is 0 Å². The lowest BCUT2D eigenvalue weighted by molar-refractivity contribution is 0.0520. The van der Waals surface area contributed by atoms with Gasteiger partial charge in [0.15, 0.2) is 5.69 Å². The number of aromatic nitrogens is 2. The summed E-state index contributed by atoms with van der Waals surface area (Å²) in [5, 5.41) is 2.15. The molecule has 0 saturated carbocycles. The Morgan fingerprint density at radius 1 is 1.25 bits per heavy atom. The molecule has 0 atom stereocenters. The Balaban J connectivity index is 1.96. The molecule has 4 heterocycles. The number of carbonyl (C=O) groups is 1. The first-order valence-electron chi connectivity index (χ1n) is 7.59. The van der Waals surface area contributed by atoms with Gasteiger partial charge in [0.1, 0.15) is 4.83 Å². The summed E-state index contributed by atoms with van der Waals surface area (Å²) in [6.45, 7) is 4.19. The number of esters is 1. The van der Waals surface area contributed by atoms with Crippen LogP contribution in [0.3, 0.4) is 0 Å². The molecule has 0 saturated heterocycles. The molecule has 0 fully saturated rings. The number of ether oxygens (including phenoxy) is 1. The van der Waals surface area contributed by atoms with Crippen LogP contribution in [0.1, 0.15) is 22.3 Å². The number of aryl methyl sites for hydroxylation is 1. The molecule has 4 aromatic heterocycles. The SMILES string of the molecule is CCOC(=O)c1cc2sc(C)cc2c(-c2cc3cccnc3s2)n1. The second kappa shape index (κ2) is 5.96. The highest BCUT2D eigenvalue weighted by molar-refractivity contribution is 7.22. The van der Waals surface area contributed by atoms with Crippen LogP contribution in [0, 0.1) is 6.92 Å². The molecule has 0 spiro atoms. The molecule has 4 rings (SSSR count). The van der Waals surface area contributed by atoms with Crippen molar-refractivity contribution in [3.63, 3.8) is 0 Å². The van der Waals surface area contributed by atoms with E-state index in [0.29, 0.717) is 12.3 Å². The summed E-state index contributed by atoms with van der Waals surface area (Å²) in [4.78, 5) is 24.3. The van der Waals surface area contributed by atoms with E-state index in [1.807, 2.05) is 18.2 Å². The summed E-state index contributed by atoms with van der Waals surface area (Å²) in [5.74, 6) is -0.383. The lowest BCUT2D eigenvalue weighted by Gasteiger charge is -2.05. The van der Waals surface area contributed by atoms with Gasteiger partial charge in [0, 0.05) is 26.5 Å². The van der Waals surface area contributed by atoms with Crippen LogP contribution in [0.25, 0.3) is 30.9 Å². The van der Waals surface area contributed by atoms with Crippen molar-refractivity contribution in [2.45, 2.75) is 13.8 Å². The van der Waals surface area contributed by atoms with Gasteiger partial charge in [0.25, 0.3) is 0 Å². The Bertz CT molecular complexity index is 1030. The maximum absolute atomic E-state index is 12.2. The van der Waals surface area contributed by atoms with Gasteiger partial charge in [-0.2, -0.15) is 0 Å². The van der Waals surface area contributed by atoms with Crippen LogP contribution >= 0.6 is 22.7 Å². The zero-order chi connectivity index (χ0) is 16.7. The van der Waals surface area contributed by atoms with E-state index < -0.39 is 0 Å². The minimum Gasteiger partial charge on any atom is -0.461 e. The van der Waals surface area contributed by atoms with Crippen LogP contribution in [-0.2, 0) is 4.74 Å². The molecule has 4 nitrogen and oxygen atoms in total. The Morgan fingerprint density at radius 3 is 2.92 bits per heavy atom. The van der Waals surface area contributed by atoms with Crippen LogP contribution in [-0.4, -0.2) is 22.5 Å². The molecule has 0 radical (unpaired) electrons. The number of hydrogen-bond acceptors (Lipinski definition) is 6. The molecule has 0 aliphatic heterocycles. The van der Waals surface area contributed by atoms with Crippen molar-refractivity contribution in [1.29, 1.82) is 0 Å². The van der Waals surface area contributed by atoms with Crippen molar-refractivity contribution < 1.29 is 9.53 Å². The van der Waals surface area contributed by atoms with E-state index >= 15 is 0 Å².